The summed E-state index contributed by atoms with van der Waals surface area (Å²) >= 11 is 0. The molecule has 0 radical (unpaired) electrons. The summed E-state index contributed by atoms with van der Waals surface area (Å²) in [5, 5.41) is 0. The van der Waals surface area contributed by atoms with Crippen LogP contribution in [0.15, 0.2) is 23.1 Å². The molecular weight excluding hydrogens is 366 g/mol. The summed E-state index contributed by atoms with van der Waals surface area (Å²) in [7, 11) is -4.43. The van der Waals surface area contributed by atoms with Crippen LogP contribution in [0.25, 0.3) is 0 Å². The average Bonchev–Trinajstić information content (AvgIpc) is 2.85. The van der Waals surface area contributed by atoms with Crippen molar-refractivity contribution in [2.75, 3.05) is 11.4 Å². The van der Waals surface area contributed by atoms with E-state index in [1.54, 1.807) is 0 Å². The number of nitrogens with zero attached hydrogens (tertiary/aromatic N) is 1. The van der Waals surface area contributed by atoms with Crippen LogP contribution in [0.4, 0.5) is 5.69 Å². The van der Waals surface area contributed by atoms with Crippen molar-refractivity contribution in [2.45, 2.75) is 64.7 Å². The average molecular weight is 396 g/mol. The van der Waals surface area contributed by atoms with Crippen LogP contribution in [0.5, 0.6) is 0 Å². The summed E-state index contributed by atoms with van der Waals surface area (Å²) in [5.41, 5.74) is 0.360. The standard InChI is InChI=1S/C20H29NO5S/c1-5-8-14(4)20(7-3,11-6-2)13-21-17-10-9-15(27(24,25)26)12-16(17)18(22)19(21)23/h9-10,12,14H,5-8,11,13H2,1-4H3,(H,24,25,26). The quantitative estimate of drug-likeness (QED) is 0.502. The zero-order valence-corrected chi connectivity index (χ0v) is 17.3. The van der Waals surface area contributed by atoms with Gasteiger partial charge in [0.25, 0.3) is 21.8 Å². The van der Waals surface area contributed by atoms with E-state index in [9.17, 15) is 22.6 Å². The van der Waals surface area contributed by atoms with Crippen molar-refractivity contribution in [1.29, 1.82) is 0 Å². The first-order chi connectivity index (χ1) is 12.6. The molecule has 7 heteroatoms. The molecule has 1 aliphatic heterocycles. The zero-order valence-electron chi connectivity index (χ0n) is 16.5. The lowest BCUT2D eigenvalue weighted by atomic mass is 9.69. The van der Waals surface area contributed by atoms with Gasteiger partial charge in [-0.2, -0.15) is 8.42 Å². The summed E-state index contributed by atoms with van der Waals surface area (Å²) < 4.78 is 32.0. The monoisotopic (exact) mass is 395 g/mol. The Balaban J connectivity index is 2.47. The van der Waals surface area contributed by atoms with Gasteiger partial charge in [-0.05, 0) is 42.4 Å². The van der Waals surface area contributed by atoms with E-state index >= 15 is 0 Å². The van der Waals surface area contributed by atoms with Gasteiger partial charge >= 0.3 is 0 Å². The Labute approximate surface area is 161 Å². The number of Topliss-reactive ketones (excluding diaryl/α,β-unsaturated/α-hetero) is 1. The lowest BCUT2D eigenvalue weighted by Crippen LogP contribution is -2.44. The van der Waals surface area contributed by atoms with E-state index in [0.29, 0.717) is 18.2 Å². The molecule has 0 bridgehead atoms. The first kappa shape index (κ1) is 21.6. The van der Waals surface area contributed by atoms with Crippen LogP contribution < -0.4 is 4.90 Å². The van der Waals surface area contributed by atoms with Crippen molar-refractivity contribution in [2.24, 2.45) is 11.3 Å². The second-order valence-electron chi connectivity index (χ2n) is 7.53. The predicted molar refractivity (Wildman–Crippen MR) is 105 cm³/mol. The maximum atomic E-state index is 12.7. The van der Waals surface area contributed by atoms with E-state index in [4.69, 9.17) is 0 Å². The van der Waals surface area contributed by atoms with Gasteiger partial charge in [0.2, 0.25) is 0 Å². The van der Waals surface area contributed by atoms with Crippen LogP contribution >= 0.6 is 0 Å². The van der Waals surface area contributed by atoms with Crippen LogP contribution in [-0.4, -0.2) is 31.2 Å². The Bertz CT molecular complexity index is 833. The minimum absolute atomic E-state index is 0.0415. The van der Waals surface area contributed by atoms with Crippen LogP contribution in [0.2, 0.25) is 0 Å². The molecule has 0 saturated carbocycles. The molecule has 150 valence electrons. The summed E-state index contributed by atoms with van der Waals surface area (Å²) in [4.78, 5) is 26.2. The Morgan fingerprint density at radius 3 is 2.33 bits per heavy atom. The highest BCUT2D eigenvalue weighted by Gasteiger charge is 2.43. The van der Waals surface area contributed by atoms with Crippen LogP contribution in [0, 0.1) is 11.3 Å². The first-order valence-corrected chi connectivity index (χ1v) is 11.0. The number of ketones is 1. The Morgan fingerprint density at radius 1 is 1.15 bits per heavy atom. The highest BCUT2D eigenvalue weighted by molar-refractivity contribution is 7.85. The summed E-state index contributed by atoms with van der Waals surface area (Å²) in [6, 6.07) is 3.77. The largest absolute Gasteiger partial charge is 0.304 e. The number of carbonyl (C=O) groups is 2. The number of rotatable bonds is 9. The molecule has 27 heavy (non-hydrogen) atoms. The van der Waals surface area contributed by atoms with Crippen molar-refractivity contribution < 1.29 is 22.6 Å². The molecule has 1 amide bonds. The van der Waals surface area contributed by atoms with Crippen molar-refractivity contribution in [1.82, 2.24) is 0 Å². The lowest BCUT2D eigenvalue weighted by Gasteiger charge is -2.41. The lowest BCUT2D eigenvalue weighted by molar-refractivity contribution is -0.114. The topological polar surface area (TPSA) is 91.8 Å². The van der Waals surface area contributed by atoms with E-state index in [2.05, 4.69) is 27.7 Å². The van der Waals surface area contributed by atoms with E-state index in [1.807, 2.05) is 0 Å². The molecule has 2 unspecified atom stereocenters. The second-order valence-corrected chi connectivity index (χ2v) is 8.95. The van der Waals surface area contributed by atoms with Crippen molar-refractivity contribution in [3.8, 4) is 0 Å². The van der Waals surface area contributed by atoms with Gasteiger partial charge in [-0.3, -0.25) is 14.1 Å². The maximum absolute atomic E-state index is 12.7. The molecule has 2 rings (SSSR count). The number of fused-ring (bicyclic) bond motifs is 1. The van der Waals surface area contributed by atoms with Crippen LogP contribution in [0.3, 0.4) is 0 Å². The number of amides is 1. The number of anilines is 1. The predicted octanol–water partition coefficient (Wildman–Crippen LogP) is 4.10. The third-order valence-corrected chi connectivity index (χ3v) is 6.78. The molecule has 1 N–H and O–H groups in total. The Morgan fingerprint density at radius 2 is 1.81 bits per heavy atom. The SMILES string of the molecule is CCCC(C)C(CC)(CCC)CN1C(=O)C(=O)c2cc(S(=O)(=O)O)ccc21. The fourth-order valence-corrected chi connectivity index (χ4v) is 4.77. The smallest absolute Gasteiger partial charge is 0.299 e. The molecule has 1 aromatic rings. The minimum atomic E-state index is -4.43. The zero-order chi connectivity index (χ0) is 20.4. The number of carbonyl (C=O) groups excluding carboxylic acids is 2. The fourth-order valence-electron chi connectivity index (χ4n) is 4.27. The van der Waals surface area contributed by atoms with Crippen molar-refractivity contribution in [3.05, 3.63) is 23.8 Å². The minimum Gasteiger partial charge on any atom is -0.304 e. The third kappa shape index (κ3) is 4.09. The molecular formula is C20H29NO5S. The van der Waals surface area contributed by atoms with Gasteiger partial charge < -0.3 is 4.90 Å². The van der Waals surface area contributed by atoms with E-state index < -0.39 is 21.8 Å². The van der Waals surface area contributed by atoms with Gasteiger partial charge in [-0.25, -0.2) is 0 Å². The molecule has 0 aliphatic carbocycles. The molecule has 1 aromatic carbocycles. The molecule has 1 aliphatic rings. The van der Waals surface area contributed by atoms with Crippen molar-refractivity contribution >= 4 is 27.5 Å². The van der Waals surface area contributed by atoms with Gasteiger partial charge in [0.15, 0.2) is 0 Å². The van der Waals surface area contributed by atoms with Gasteiger partial charge in [-0.1, -0.05) is 47.0 Å². The van der Waals surface area contributed by atoms with Gasteiger partial charge in [0.1, 0.15) is 0 Å². The molecule has 0 spiro atoms. The molecule has 0 fully saturated rings. The van der Waals surface area contributed by atoms with Gasteiger partial charge in [-0.15, -0.1) is 0 Å². The molecule has 2 atom stereocenters. The third-order valence-electron chi connectivity index (χ3n) is 5.93. The summed E-state index contributed by atoms with van der Waals surface area (Å²) in [5.74, 6) is -0.966. The number of hydrogen-bond donors (Lipinski definition) is 1. The van der Waals surface area contributed by atoms with Gasteiger partial charge in [0.05, 0.1) is 16.1 Å². The number of hydrogen-bond acceptors (Lipinski definition) is 4. The second kappa shape index (κ2) is 8.10. The van der Waals surface area contributed by atoms with Crippen LogP contribution in [-0.2, 0) is 14.9 Å². The Kier molecular flexibility index (Phi) is 6.47. The highest BCUT2D eigenvalue weighted by Crippen LogP contribution is 2.43. The summed E-state index contributed by atoms with van der Waals surface area (Å²) in [6.07, 6.45) is 4.90. The highest BCUT2D eigenvalue weighted by atomic mass is 32.2. The summed E-state index contributed by atoms with van der Waals surface area (Å²) in [6.45, 7) is 9.01. The van der Waals surface area contributed by atoms with E-state index in [-0.39, 0.29) is 15.9 Å². The van der Waals surface area contributed by atoms with Gasteiger partial charge in [0, 0.05) is 6.54 Å². The van der Waals surface area contributed by atoms with Crippen molar-refractivity contribution in [3.63, 3.8) is 0 Å². The number of benzene rings is 1. The molecule has 0 aromatic heterocycles. The molecule has 1 heterocycles. The first-order valence-electron chi connectivity index (χ1n) is 9.59. The van der Waals surface area contributed by atoms with E-state index in [1.165, 1.54) is 17.0 Å². The molecule has 6 nitrogen and oxygen atoms in total. The normalized spacial score (nSPS) is 17.7. The van der Waals surface area contributed by atoms with E-state index in [0.717, 1.165) is 38.2 Å². The molecule has 0 saturated heterocycles. The van der Waals surface area contributed by atoms with Crippen LogP contribution in [0.1, 0.15) is 70.2 Å². The maximum Gasteiger partial charge on any atom is 0.299 e. The Hall–Kier alpha value is -1.73. The fraction of sp³-hybridized carbons (Fsp3) is 0.600.